The van der Waals surface area contributed by atoms with Crippen LogP contribution in [0.25, 0.3) is 0 Å². The maximum atomic E-state index is 13.2. The highest BCUT2D eigenvalue weighted by Gasteiger charge is 2.36. The number of rotatable bonds is 4. The summed E-state index contributed by atoms with van der Waals surface area (Å²) in [6, 6.07) is 18.6. The molecule has 7 heteroatoms. The lowest BCUT2D eigenvalue weighted by Gasteiger charge is -2.24. The molecule has 30 heavy (non-hydrogen) atoms. The third-order valence-electron chi connectivity index (χ3n) is 5.24. The van der Waals surface area contributed by atoms with Crippen molar-refractivity contribution in [2.24, 2.45) is 0 Å². The maximum Gasteiger partial charge on any atom is 0.264 e. The molecule has 4 rings (SSSR count). The first-order valence-corrected chi connectivity index (χ1v) is 11.4. The number of fused-ring (bicyclic) bond motifs is 1. The standard InChI is InChI=1S/C23H21ClN2O3S/c1-15-8-10-19(24)14-21(15)25-23(27)17-9-11-22-18(13-17)12-16(2)26(22)30(28,29)20-6-4-3-5-7-20/h3-11,13-14,16H,12H2,1-2H3,(H,25,27)/t16-/m1/s1. The van der Waals surface area contributed by atoms with Crippen molar-refractivity contribution in [3.8, 4) is 0 Å². The van der Waals surface area contributed by atoms with Crippen LogP contribution in [0, 0.1) is 6.92 Å². The SMILES string of the molecule is Cc1ccc(Cl)cc1NC(=O)c1ccc2c(c1)C[C@@H](C)N2S(=O)(=O)c1ccccc1. The minimum Gasteiger partial charge on any atom is -0.322 e. The molecule has 0 radical (unpaired) electrons. The van der Waals surface area contributed by atoms with Crippen LogP contribution in [0.3, 0.4) is 0 Å². The van der Waals surface area contributed by atoms with Crippen LogP contribution in [0.4, 0.5) is 11.4 Å². The van der Waals surface area contributed by atoms with Crippen LogP contribution in [0.2, 0.25) is 5.02 Å². The maximum absolute atomic E-state index is 13.2. The number of halogens is 1. The monoisotopic (exact) mass is 440 g/mol. The molecule has 0 aromatic heterocycles. The molecule has 3 aromatic carbocycles. The van der Waals surface area contributed by atoms with Gasteiger partial charge in [-0.15, -0.1) is 0 Å². The number of carbonyl (C=O) groups is 1. The summed E-state index contributed by atoms with van der Waals surface area (Å²) in [6.07, 6.45) is 0.540. The van der Waals surface area contributed by atoms with E-state index in [0.717, 1.165) is 11.1 Å². The minimum absolute atomic E-state index is 0.237. The Labute approximate surface area is 181 Å². The van der Waals surface area contributed by atoms with Crippen LogP contribution >= 0.6 is 11.6 Å². The number of amides is 1. The van der Waals surface area contributed by atoms with Gasteiger partial charge in [0.15, 0.2) is 0 Å². The summed E-state index contributed by atoms with van der Waals surface area (Å²) in [5.41, 5.74) is 3.47. The van der Waals surface area contributed by atoms with Gasteiger partial charge < -0.3 is 5.32 Å². The van der Waals surface area contributed by atoms with Gasteiger partial charge in [-0.1, -0.05) is 35.9 Å². The van der Waals surface area contributed by atoms with E-state index in [1.807, 2.05) is 19.9 Å². The van der Waals surface area contributed by atoms with Crippen LogP contribution in [-0.2, 0) is 16.4 Å². The van der Waals surface area contributed by atoms with Crippen LogP contribution in [0.15, 0.2) is 71.6 Å². The quantitative estimate of drug-likeness (QED) is 0.618. The van der Waals surface area contributed by atoms with Gasteiger partial charge in [-0.25, -0.2) is 8.42 Å². The van der Waals surface area contributed by atoms with Gasteiger partial charge in [0, 0.05) is 22.3 Å². The summed E-state index contributed by atoms with van der Waals surface area (Å²) < 4.78 is 27.8. The fraction of sp³-hybridized carbons (Fsp3) is 0.174. The van der Waals surface area contributed by atoms with Crippen molar-refractivity contribution in [3.05, 3.63) is 88.4 Å². The van der Waals surface area contributed by atoms with Gasteiger partial charge >= 0.3 is 0 Å². The molecule has 1 N–H and O–H groups in total. The summed E-state index contributed by atoms with van der Waals surface area (Å²) in [7, 11) is -3.68. The first kappa shape index (κ1) is 20.4. The largest absolute Gasteiger partial charge is 0.322 e. The summed E-state index contributed by atoms with van der Waals surface area (Å²) in [6.45, 7) is 3.76. The van der Waals surface area contributed by atoms with E-state index >= 15 is 0 Å². The number of sulfonamides is 1. The molecule has 1 aliphatic rings. The van der Waals surface area contributed by atoms with Crippen LogP contribution in [-0.4, -0.2) is 20.4 Å². The van der Waals surface area contributed by atoms with Crippen molar-refractivity contribution in [2.45, 2.75) is 31.2 Å². The summed E-state index contributed by atoms with van der Waals surface area (Å²) in [5.74, 6) is -0.264. The van der Waals surface area contributed by atoms with Gasteiger partial charge in [0.2, 0.25) is 0 Å². The van der Waals surface area contributed by atoms with Gasteiger partial charge in [0.05, 0.1) is 10.6 Å². The molecule has 0 saturated heterocycles. The molecule has 5 nitrogen and oxygen atoms in total. The van der Waals surface area contributed by atoms with E-state index in [1.54, 1.807) is 60.7 Å². The first-order valence-electron chi connectivity index (χ1n) is 9.57. The molecular weight excluding hydrogens is 420 g/mol. The average molecular weight is 441 g/mol. The van der Waals surface area contributed by atoms with Gasteiger partial charge in [0.1, 0.15) is 0 Å². The molecule has 1 amide bonds. The second-order valence-corrected chi connectivity index (χ2v) is 9.68. The molecule has 0 saturated carbocycles. The second-order valence-electron chi connectivity index (χ2n) is 7.42. The van der Waals surface area contributed by atoms with E-state index in [-0.39, 0.29) is 16.8 Å². The zero-order valence-electron chi connectivity index (χ0n) is 16.6. The molecule has 1 aliphatic heterocycles. The second kappa shape index (κ2) is 7.78. The normalized spacial score (nSPS) is 15.7. The predicted octanol–water partition coefficient (Wildman–Crippen LogP) is 5.04. The van der Waals surface area contributed by atoms with Crippen molar-refractivity contribution < 1.29 is 13.2 Å². The highest BCUT2D eigenvalue weighted by atomic mass is 35.5. The van der Waals surface area contributed by atoms with Crippen molar-refractivity contribution in [2.75, 3.05) is 9.62 Å². The highest BCUT2D eigenvalue weighted by molar-refractivity contribution is 7.92. The van der Waals surface area contributed by atoms with E-state index in [9.17, 15) is 13.2 Å². The molecule has 0 unspecified atom stereocenters. The predicted molar refractivity (Wildman–Crippen MR) is 120 cm³/mol. The smallest absolute Gasteiger partial charge is 0.264 e. The van der Waals surface area contributed by atoms with E-state index in [2.05, 4.69) is 5.32 Å². The Morgan fingerprint density at radius 2 is 1.80 bits per heavy atom. The van der Waals surface area contributed by atoms with Crippen LogP contribution < -0.4 is 9.62 Å². The lowest BCUT2D eigenvalue weighted by atomic mass is 10.1. The molecule has 0 fully saturated rings. The van der Waals surface area contributed by atoms with E-state index in [0.29, 0.717) is 28.4 Å². The Balaban J connectivity index is 1.64. The number of anilines is 2. The van der Waals surface area contributed by atoms with Gasteiger partial charge in [0.25, 0.3) is 15.9 Å². The molecule has 1 heterocycles. The number of benzene rings is 3. The topological polar surface area (TPSA) is 66.5 Å². The Bertz CT molecular complexity index is 1230. The molecule has 3 aromatic rings. The highest BCUT2D eigenvalue weighted by Crippen LogP contribution is 2.37. The first-order chi connectivity index (χ1) is 14.3. The summed E-state index contributed by atoms with van der Waals surface area (Å²) in [5, 5.41) is 3.42. The fourth-order valence-corrected chi connectivity index (χ4v) is 5.63. The Hall–Kier alpha value is -2.83. The zero-order valence-corrected chi connectivity index (χ0v) is 18.2. The lowest BCUT2D eigenvalue weighted by Crippen LogP contribution is -2.35. The number of aryl methyl sites for hydroxylation is 1. The Morgan fingerprint density at radius 1 is 1.07 bits per heavy atom. The fourth-order valence-electron chi connectivity index (χ4n) is 3.74. The molecule has 0 bridgehead atoms. The van der Waals surface area contributed by atoms with Crippen molar-refractivity contribution >= 4 is 38.9 Å². The zero-order chi connectivity index (χ0) is 21.5. The molecular formula is C23H21ClN2O3S. The Morgan fingerprint density at radius 3 is 2.53 bits per heavy atom. The molecule has 0 aliphatic carbocycles. The van der Waals surface area contributed by atoms with E-state index in [4.69, 9.17) is 11.6 Å². The van der Waals surface area contributed by atoms with Crippen molar-refractivity contribution in [3.63, 3.8) is 0 Å². The number of nitrogens with one attached hydrogen (secondary N) is 1. The number of hydrogen-bond acceptors (Lipinski definition) is 3. The van der Waals surface area contributed by atoms with E-state index < -0.39 is 10.0 Å². The van der Waals surface area contributed by atoms with Crippen LogP contribution in [0.1, 0.15) is 28.4 Å². The van der Waals surface area contributed by atoms with Gasteiger partial charge in [-0.3, -0.25) is 9.10 Å². The number of nitrogens with zero attached hydrogens (tertiary/aromatic N) is 1. The average Bonchev–Trinajstić information content (AvgIpc) is 3.07. The molecule has 0 spiro atoms. The number of carbonyl (C=O) groups excluding carboxylic acids is 1. The minimum atomic E-state index is -3.68. The lowest BCUT2D eigenvalue weighted by molar-refractivity contribution is 0.102. The third kappa shape index (κ3) is 3.68. The van der Waals surface area contributed by atoms with Gasteiger partial charge in [-0.05, 0) is 73.9 Å². The molecule has 154 valence electrons. The van der Waals surface area contributed by atoms with E-state index in [1.165, 1.54) is 4.31 Å². The molecule has 1 atom stereocenters. The van der Waals surface area contributed by atoms with Crippen molar-refractivity contribution in [1.29, 1.82) is 0 Å². The summed E-state index contributed by atoms with van der Waals surface area (Å²) in [4.78, 5) is 13.0. The number of hydrogen-bond donors (Lipinski definition) is 1. The third-order valence-corrected chi connectivity index (χ3v) is 7.42. The van der Waals surface area contributed by atoms with Crippen LogP contribution in [0.5, 0.6) is 0 Å². The van der Waals surface area contributed by atoms with Gasteiger partial charge in [-0.2, -0.15) is 0 Å². The summed E-state index contributed by atoms with van der Waals surface area (Å²) >= 11 is 6.03. The Kier molecular flexibility index (Phi) is 5.30. The van der Waals surface area contributed by atoms with Crippen molar-refractivity contribution in [1.82, 2.24) is 0 Å².